The minimum Gasteiger partial charge on any atom is -0.377 e. The van der Waals surface area contributed by atoms with Gasteiger partial charge in [0.25, 0.3) is 0 Å². The summed E-state index contributed by atoms with van der Waals surface area (Å²) in [4.78, 5) is 0. The number of hydrogen-bond acceptors (Lipinski definition) is 1. The SMILES string of the molecule is C=CC1CCC(CCc2ccc(-c3ccc(CCCCc4ccc(COCCC)c(F)c4)cc3)cc2)CC1. The van der Waals surface area contributed by atoms with Gasteiger partial charge in [0.05, 0.1) is 6.61 Å². The Bertz CT molecular complexity index is 1110. The molecule has 3 aromatic carbocycles. The molecule has 0 unspecified atom stereocenters. The summed E-state index contributed by atoms with van der Waals surface area (Å²) in [6, 6.07) is 23.8. The van der Waals surface area contributed by atoms with Gasteiger partial charge in [0.2, 0.25) is 0 Å². The minimum absolute atomic E-state index is 0.145. The van der Waals surface area contributed by atoms with Gasteiger partial charge in [-0.25, -0.2) is 4.39 Å². The summed E-state index contributed by atoms with van der Waals surface area (Å²) in [7, 11) is 0. The van der Waals surface area contributed by atoms with Gasteiger partial charge in [-0.3, -0.25) is 0 Å². The van der Waals surface area contributed by atoms with Crippen molar-refractivity contribution in [2.24, 2.45) is 11.8 Å². The molecule has 0 atom stereocenters. The topological polar surface area (TPSA) is 9.23 Å². The molecule has 0 spiro atoms. The fourth-order valence-corrected chi connectivity index (χ4v) is 5.66. The number of hydrogen-bond donors (Lipinski definition) is 0. The van der Waals surface area contributed by atoms with Crippen LogP contribution in [-0.2, 0) is 30.6 Å². The van der Waals surface area contributed by atoms with E-state index in [-0.39, 0.29) is 5.82 Å². The van der Waals surface area contributed by atoms with Crippen LogP contribution in [-0.4, -0.2) is 6.61 Å². The maximum atomic E-state index is 14.3. The molecule has 0 aromatic heterocycles. The van der Waals surface area contributed by atoms with Crippen LogP contribution in [0.3, 0.4) is 0 Å². The van der Waals surface area contributed by atoms with Crippen molar-refractivity contribution in [1.29, 1.82) is 0 Å². The highest BCUT2D eigenvalue weighted by atomic mass is 19.1. The number of aryl methyl sites for hydroxylation is 3. The second kappa shape index (κ2) is 15.0. The highest BCUT2D eigenvalue weighted by Gasteiger charge is 2.18. The first-order valence-electron chi connectivity index (χ1n) is 14.8. The quantitative estimate of drug-likeness (QED) is 0.154. The van der Waals surface area contributed by atoms with Crippen LogP contribution in [0.2, 0.25) is 0 Å². The number of unbranched alkanes of at least 4 members (excludes halogenated alkanes) is 1. The standard InChI is InChI=1S/C36H45FO/c1-3-25-38-27-35-24-19-32(26-36(35)37)8-6-5-7-29-15-20-33(21-16-29)34-22-17-31(18-23-34)14-13-30-11-9-28(4-2)10-12-30/h4,15-24,26,28,30H,2-3,5-14,25,27H2,1H3. The molecule has 0 saturated heterocycles. The van der Waals surface area contributed by atoms with E-state index in [9.17, 15) is 4.39 Å². The van der Waals surface area contributed by atoms with Crippen molar-refractivity contribution in [3.63, 3.8) is 0 Å². The van der Waals surface area contributed by atoms with Crippen LogP contribution < -0.4 is 0 Å². The predicted octanol–water partition coefficient (Wildman–Crippen LogP) is 9.91. The molecule has 0 heterocycles. The van der Waals surface area contributed by atoms with E-state index in [1.54, 1.807) is 6.07 Å². The van der Waals surface area contributed by atoms with Crippen LogP contribution in [0.25, 0.3) is 11.1 Å². The van der Waals surface area contributed by atoms with Gasteiger partial charge in [-0.2, -0.15) is 0 Å². The summed E-state index contributed by atoms with van der Waals surface area (Å²) in [5.74, 6) is 1.49. The van der Waals surface area contributed by atoms with E-state index in [4.69, 9.17) is 4.74 Å². The zero-order chi connectivity index (χ0) is 26.6. The molecule has 2 heteroatoms. The van der Waals surface area contributed by atoms with Crippen LogP contribution in [0.15, 0.2) is 79.4 Å². The summed E-state index contributed by atoms with van der Waals surface area (Å²) in [5.41, 5.74) is 7.11. The third-order valence-electron chi connectivity index (χ3n) is 8.21. The van der Waals surface area contributed by atoms with E-state index in [0.29, 0.717) is 18.8 Å². The second-order valence-corrected chi connectivity index (χ2v) is 11.1. The van der Waals surface area contributed by atoms with Crippen LogP contribution in [0.4, 0.5) is 4.39 Å². The van der Waals surface area contributed by atoms with Crippen molar-refractivity contribution in [1.82, 2.24) is 0 Å². The van der Waals surface area contributed by atoms with Gasteiger partial charge in [-0.1, -0.05) is 73.7 Å². The lowest BCUT2D eigenvalue weighted by atomic mass is 9.79. The zero-order valence-corrected chi connectivity index (χ0v) is 23.3. The molecular formula is C36H45FO. The van der Waals surface area contributed by atoms with Gasteiger partial charge in [0.15, 0.2) is 0 Å². The van der Waals surface area contributed by atoms with E-state index < -0.39 is 0 Å². The van der Waals surface area contributed by atoms with Crippen molar-refractivity contribution in [3.8, 4) is 11.1 Å². The number of benzene rings is 3. The van der Waals surface area contributed by atoms with E-state index >= 15 is 0 Å². The molecule has 1 nitrogen and oxygen atoms in total. The first-order valence-corrected chi connectivity index (χ1v) is 14.8. The van der Waals surface area contributed by atoms with Crippen LogP contribution >= 0.6 is 0 Å². The Balaban J connectivity index is 1.17. The lowest BCUT2D eigenvalue weighted by molar-refractivity contribution is 0.119. The van der Waals surface area contributed by atoms with Crippen molar-refractivity contribution < 1.29 is 9.13 Å². The zero-order valence-electron chi connectivity index (χ0n) is 23.3. The molecule has 0 N–H and O–H groups in total. The summed E-state index contributed by atoms with van der Waals surface area (Å²) >= 11 is 0. The van der Waals surface area contributed by atoms with E-state index in [0.717, 1.165) is 49.5 Å². The molecule has 1 fully saturated rings. The number of rotatable bonds is 14. The average molecular weight is 513 g/mol. The predicted molar refractivity (Wildman–Crippen MR) is 159 cm³/mol. The fraction of sp³-hybridized carbons (Fsp3) is 0.444. The van der Waals surface area contributed by atoms with Crippen LogP contribution in [0.5, 0.6) is 0 Å². The van der Waals surface area contributed by atoms with Gasteiger partial charge >= 0.3 is 0 Å². The monoisotopic (exact) mass is 512 g/mol. The van der Waals surface area contributed by atoms with Gasteiger partial charge in [-0.15, -0.1) is 6.58 Å². The Morgan fingerprint density at radius 2 is 1.37 bits per heavy atom. The average Bonchev–Trinajstić information content (AvgIpc) is 2.96. The Kier molecular flexibility index (Phi) is 11.2. The molecule has 0 amide bonds. The Morgan fingerprint density at radius 1 is 0.789 bits per heavy atom. The van der Waals surface area contributed by atoms with Crippen LogP contribution in [0.1, 0.15) is 80.5 Å². The number of ether oxygens (including phenoxy) is 1. The van der Waals surface area contributed by atoms with Gasteiger partial charge in [-0.05, 0) is 116 Å². The molecule has 0 radical (unpaired) electrons. The Labute approximate surface area is 230 Å². The summed E-state index contributed by atoms with van der Waals surface area (Å²) in [5, 5.41) is 0. The molecule has 3 aromatic rings. The van der Waals surface area contributed by atoms with Gasteiger partial charge in [0.1, 0.15) is 5.82 Å². The number of allylic oxidation sites excluding steroid dienone is 1. The molecule has 202 valence electrons. The number of halogens is 1. The Hall–Kier alpha value is -2.71. The molecule has 1 aliphatic rings. The maximum absolute atomic E-state index is 14.3. The maximum Gasteiger partial charge on any atom is 0.128 e. The van der Waals surface area contributed by atoms with Crippen molar-refractivity contribution >= 4 is 0 Å². The first kappa shape index (κ1) is 28.3. The third kappa shape index (κ3) is 8.67. The molecule has 0 aliphatic heterocycles. The third-order valence-corrected chi connectivity index (χ3v) is 8.21. The highest BCUT2D eigenvalue weighted by molar-refractivity contribution is 5.64. The van der Waals surface area contributed by atoms with Crippen molar-refractivity contribution in [3.05, 3.63) is 107 Å². The van der Waals surface area contributed by atoms with Crippen molar-refractivity contribution in [2.75, 3.05) is 6.61 Å². The van der Waals surface area contributed by atoms with Gasteiger partial charge in [0, 0.05) is 12.2 Å². The first-order chi connectivity index (χ1) is 18.6. The Morgan fingerprint density at radius 3 is 1.95 bits per heavy atom. The largest absolute Gasteiger partial charge is 0.377 e. The summed E-state index contributed by atoms with van der Waals surface area (Å²) < 4.78 is 19.8. The lowest BCUT2D eigenvalue weighted by Gasteiger charge is -2.26. The van der Waals surface area contributed by atoms with E-state index in [1.807, 2.05) is 12.1 Å². The van der Waals surface area contributed by atoms with Crippen molar-refractivity contribution in [2.45, 2.75) is 84.2 Å². The molecule has 4 rings (SSSR count). The minimum atomic E-state index is -0.145. The van der Waals surface area contributed by atoms with Crippen LogP contribution in [0, 0.1) is 17.7 Å². The molecular weight excluding hydrogens is 467 g/mol. The molecule has 0 bridgehead atoms. The smallest absolute Gasteiger partial charge is 0.128 e. The normalized spacial score (nSPS) is 17.4. The fourth-order valence-electron chi connectivity index (χ4n) is 5.66. The molecule has 1 saturated carbocycles. The summed E-state index contributed by atoms with van der Waals surface area (Å²) in [6.07, 6.45) is 15.1. The van der Waals surface area contributed by atoms with E-state index in [2.05, 4.69) is 68.1 Å². The second-order valence-electron chi connectivity index (χ2n) is 11.1. The molecule has 1 aliphatic carbocycles. The van der Waals surface area contributed by atoms with Gasteiger partial charge < -0.3 is 4.74 Å². The molecule has 38 heavy (non-hydrogen) atoms. The van der Waals surface area contributed by atoms with E-state index in [1.165, 1.54) is 60.8 Å². The highest BCUT2D eigenvalue weighted by Crippen LogP contribution is 2.32. The summed E-state index contributed by atoms with van der Waals surface area (Å²) in [6.45, 7) is 7.06. The lowest BCUT2D eigenvalue weighted by Crippen LogP contribution is -2.13.